The maximum absolute atomic E-state index is 10.4. The normalized spacial score (nSPS) is 12.5. The first-order valence-electron chi connectivity index (χ1n) is 5.91. The summed E-state index contributed by atoms with van der Waals surface area (Å²) in [6.45, 7) is 0.800. The van der Waals surface area contributed by atoms with Crippen molar-refractivity contribution in [2.45, 2.75) is 25.9 Å². The molecule has 0 saturated heterocycles. The Bertz CT molecular complexity index is 567. The highest BCUT2D eigenvalue weighted by Crippen LogP contribution is 1.89. The van der Waals surface area contributed by atoms with Gasteiger partial charge in [0.15, 0.2) is 0 Å². The van der Waals surface area contributed by atoms with E-state index in [1.165, 1.54) is 0 Å². The minimum Gasteiger partial charge on any atom is -0.748 e. The first kappa shape index (κ1) is 17.0. The van der Waals surface area contributed by atoms with Crippen LogP contribution in [0.25, 0.3) is 0 Å². The van der Waals surface area contributed by atoms with Crippen LogP contribution in [0.1, 0.15) is 12.8 Å². The van der Waals surface area contributed by atoms with Crippen LogP contribution >= 0.6 is 0 Å². The van der Waals surface area contributed by atoms with E-state index in [-0.39, 0.29) is 12.8 Å². The molecule has 10 heteroatoms. The molecular weight excluding hydrogens is 308 g/mol. The fourth-order valence-electron chi connectivity index (χ4n) is 1.59. The third-order valence-corrected chi connectivity index (χ3v) is 4.10. The van der Waals surface area contributed by atoms with Crippen molar-refractivity contribution in [2.75, 3.05) is 11.5 Å². The van der Waals surface area contributed by atoms with Crippen molar-refractivity contribution in [3.63, 3.8) is 0 Å². The van der Waals surface area contributed by atoms with Crippen LogP contribution in [0.5, 0.6) is 0 Å². The number of aromatic nitrogens is 2. The van der Waals surface area contributed by atoms with Gasteiger partial charge in [-0.2, -0.15) is 9.13 Å². The second kappa shape index (κ2) is 7.07. The Morgan fingerprint density at radius 1 is 0.700 bits per heavy atom. The fraction of sp³-hybridized carbons (Fsp3) is 0.600. The number of hydrogen-bond donors (Lipinski definition) is 0. The summed E-state index contributed by atoms with van der Waals surface area (Å²) in [6.07, 6.45) is 7.20. The Morgan fingerprint density at radius 2 is 1.00 bits per heavy atom. The van der Waals surface area contributed by atoms with Crippen LogP contribution in [0.3, 0.4) is 0 Å². The third kappa shape index (κ3) is 8.15. The third-order valence-electron chi connectivity index (χ3n) is 2.52. The molecule has 114 valence electrons. The Labute approximate surface area is 118 Å². The van der Waals surface area contributed by atoms with Crippen molar-refractivity contribution in [3.05, 3.63) is 24.8 Å². The maximum atomic E-state index is 10.4. The lowest BCUT2D eigenvalue weighted by atomic mass is 10.4. The summed E-state index contributed by atoms with van der Waals surface area (Å²) in [5, 5.41) is 0. The fourth-order valence-corrected chi connectivity index (χ4v) is 2.55. The van der Waals surface area contributed by atoms with E-state index in [1.807, 2.05) is 0 Å². The van der Waals surface area contributed by atoms with Gasteiger partial charge in [0, 0.05) is 24.3 Å². The van der Waals surface area contributed by atoms with E-state index in [9.17, 15) is 25.9 Å². The van der Waals surface area contributed by atoms with Crippen molar-refractivity contribution in [2.24, 2.45) is 0 Å². The highest BCUT2D eigenvalue weighted by molar-refractivity contribution is 7.85. The molecule has 0 aliphatic heterocycles. The van der Waals surface area contributed by atoms with Gasteiger partial charge in [-0.3, -0.25) is 0 Å². The van der Waals surface area contributed by atoms with E-state index in [4.69, 9.17) is 0 Å². The molecule has 0 unspecified atom stereocenters. The lowest BCUT2D eigenvalue weighted by Gasteiger charge is -2.04. The van der Waals surface area contributed by atoms with Crippen molar-refractivity contribution in [1.82, 2.24) is 0 Å². The van der Waals surface area contributed by atoms with E-state index in [0.29, 0.717) is 13.1 Å². The summed E-state index contributed by atoms with van der Waals surface area (Å²) in [6, 6.07) is 0. The zero-order valence-electron chi connectivity index (χ0n) is 10.7. The number of rotatable bonds is 8. The second-order valence-corrected chi connectivity index (χ2v) is 7.35. The maximum Gasteiger partial charge on any atom is 0.233 e. The standard InChI is InChI=1S/C10H16N2O6S2/c13-19(14,15)9-1-3-11-5-7-12(8-6-11)4-2-10-20(16,17)18/h5-8H,1-4,9-10H2. The molecule has 0 amide bonds. The number of hydrogen-bond acceptors (Lipinski definition) is 6. The van der Waals surface area contributed by atoms with Gasteiger partial charge in [-0.1, -0.05) is 0 Å². The second-order valence-electron chi connectivity index (χ2n) is 4.30. The summed E-state index contributed by atoms with van der Waals surface area (Å²) in [4.78, 5) is 0. The quantitative estimate of drug-likeness (QED) is 0.408. The van der Waals surface area contributed by atoms with E-state index in [2.05, 4.69) is 0 Å². The number of nitrogens with zero attached hydrogens (tertiary/aromatic N) is 2. The van der Waals surface area contributed by atoms with Gasteiger partial charge in [0.05, 0.1) is 20.2 Å². The van der Waals surface area contributed by atoms with E-state index in [0.717, 1.165) is 0 Å². The van der Waals surface area contributed by atoms with Crippen molar-refractivity contribution in [3.8, 4) is 0 Å². The molecule has 0 atom stereocenters. The summed E-state index contributed by atoms with van der Waals surface area (Å²) < 4.78 is 66.0. The molecule has 1 aromatic rings. The van der Waals surface area contributed by atoms with Gasteiger partial charge in [-0.15, -0.1) is 0 Å². The van der Waals surface area contributed by atoms with Crippen LogP contribution in [-0.2, 0) is 33.3 Å². The molecule has 1 heterocycles. The summed E-state index contributed by atoms with van der Waals surface area (Å²) in [7, 11) is -8.37. The van der Waals surface area contributed by atoms with Gasteiger partial charge in [0.2, 0.25) is 24.8 Å². The highest BCUT2D eigenvalue weighted by atomic mass is 32.2. The van der Waals surface area contributed by atoms with E-state index in [1.54, 1.807) is 33.9 Å². The molecule has 1 rings (SSSR count). The molecule has 0 fully saturated rings. The average molecular weight is 324 g/mol. The minimum atomic E-state index is -4.18. The SMILES string of the molecule is O=S(=O)([O-])CCC[n+]1cc[n+](CCCS(=O)(=O)[O-])cc1. The molecule has 0 saturated carbocycles. The first-order valence-corrected chi connectivity index (χ1v) is 9.06. The van der Waals surface area contributed by atoms with Gasteiger partial charge >= 0.3 is 0 Å². The molecule has 8 nitrogen and oxygen atoms in total. The average Bonchev–Trinajstić information content (AvgIpc) is 2.28. The summed E-state index contributed by atoms with van der Waals surface area (Å²) in [5.41, 5.74) is 0. The zero-order valence-corrected chi connectivity index (χ0v) is 12.3. The predicted molar refractivity (Wildman–Crippen MR) is 65.2 cm³/mol. The minimum absolute atomic E-state index is 0.231. The lowest BCUT2D eigenvalue weighted by molar-refractivity contribution is -0.750. The molecule has 1 aromatic heterocycles. The smallest absolute Gasteiger partial charge is 0.233 e. The van der Waals surface area contributed by atoms with Gasteiger partial charge in [-0.25, -0.2) is 16.8 Å². The van der Waals surface area contributed by atoms with Crippen LogP contribution in [0.15, 0.2) is 24.8 Å². The number of aryl methyl sites for hydroxylation is 2. The Morgan fingerprint density at radius 3 is 1.25 bits per heavy atom. The van der Waals surface area contributed by atoms with Crippen molar-refractivity contribution < 1.29 is 35.1 Å². The van der Waals surface area contributed by atoms with Crippen LogP contribution in [0, 0.1) is 0 Å². The first-order chi connectivity index (χ1) is 9.16. The molecular formula is C10H16N2O6S2. The van der Waals surface area contributed by atoms with Crippen molar-refractivity contribution in [1.29, 1.82) is 0 Å². The van der Waals surface area contributed by atoms with Crippen LogP contribution < -0.4 is 9.13 Å². The predicted octanol–water partition coefficient (Wildman–Crippen LogP) is -1.87. The molecule has 0 aromatic carbocycles. The van der Waals surface area contributed by atoms with E-state index < -0.39 is 31.7 Å². The van der Waals surface area contributed by atoms with Gasteiger partial charge in [0.1, 0.15) is 13.1 Å². The largest absolute Gasteiger partial charge is 0.748 e. The zero-order chi connectivity index (χ0) is 15.2. The van der Waals surface area contributed by atoms with Crippen LogP contribution in [0.4, 0.5) is 0 Å². The molecule has 0 spiro atoms. The lowest BCUT2D eigenvalue weighted by Crippen LogP contribution is -2.42. The molecule has 0 bridgehead atoms. The van der Waals surface area contributed by atoms with Crippen molar-refractivity contribution >= 4 is 20.2 Å². The molecule has 0 radical (unpaired) electrons. The summed E-state index contributed by atoms with van der Waals surface area (Å²) >= 11 is 0. The molecule has 0 N–H and O–H groups in total. The Balaban J connectivity index is 2.40. The Hall–Kier alpha value is -1.10. The van der Waals surface area contributed by atoms with Gasteiger partial charge < -0.3 is 9.11 Å². The topological polar surface area (TPSA) is 122 Å². The van der Waals surface area contributed by atoms with Crippen LogP contribution in [0.2, 0.25) is 0 Å². The Kier molecular flexibility index (Phi) is 5.99. The molecule has 0 aliphatic carbocycles. The summed E-state index contributed by atoms with van der Waals surface area (Å²) in [5.74, 6) is -0.813. The molecule has 20 heavy (non-hydrogen) atoms. The van der Waals surface area contributed by atoms with Gasteiger partial charge in [-0.05, 0) is 0 Å². The van der Waals surface area contributed by atoms with Crippen LogP contribution in [-0.4, -0.2) is 37.4 Å². The molecule has 0 aliphatic rings. The van der Waals surface area contributed by atoms with E-state index >= 15 is 0 Å². The van der Waals surface area contributed by atoms with Gasteiger partial charge in [0.25, 0.3) is 0 Å². The highest BCUT2D eigenvalue weighted by Gasteiger charge is 2.07. The monoisotopic (exact) mass is 324 g/mol.